The van der Waals surface area contributed by atoms with Crippen LogP contribution in [0.25, 0.3) is 0 Å². The van der Waals surface area contributed by atoms with E-state index in [-0.39, 0.29) is 0 Å². The molecule has 0 saturated heterocycles. The molecule has 0 aliphatic carbocycles. The fourth-order valence-electron chi connectivity index (χ4n) is 0.863. The largest absolute Gasteiger partial charge is 0.393 e. The van der Waals surface area contributed by atoms with Crippen LogP contribution in [-0.2, 0) is 4.74 Å². The monoisotopic (exact) mass is 151 g/mol. The lowest BCUT2D eigenvalue weighted by Gasteiger charge is -2.07. The van der Waals surface area contributed by atoms with Crippen LogP contribution in [0.4, 0.5) is 0 Å². The van der Waals surface area contributed by atoms with E-state index in [0.29, 0.717) is 11.7 Å². The highest BCUT2D eigenvalue weighted by Gasteiger charge is 2.02. The lowest BCUT2D eigenvalue weighted by Crippen LogP contribution is -1.95. The molecule has 0 aliphatic heterocycles. The first-order valence-electron chi connectivity index (χ1n) is 3.55. The molecule has 0 amide bonds. The Morgan fingerprint density at radius 1 is 1.82 bits per heavy atom. The third-order valence-electron chi connectivity index (χ3n) is 1.34. The van der Waals surface area contributed by atoms with Crippen LogP contribution in [-0.4, -0.2) is 0 Å². The van der Waals surface area contributed by atoms with Gasteiger partial charge in [0.25, 0.3) is 6.26 Å². The van der Waals surface area contributed by atoms with Crippen LogP contribution in [0.15, 0.2) is 25.0 Å². The Bertz CT molecular complexity index is 178. The SMILES string of the molecule is C=CCC(C)CC(=C)OC#N. The molecule has 60 valence electrons. The van der Waals surface area contributed by atoms with Crippen LogP contribution in [0.1, 0.15) is 19.8 Å². The zero-order chi connectivity index (χ0) is 8.69. The fourth-order valence-corrected chi connectivity index (χ4v) is 0.863. The zero-order valence-electron chi connectivity index (χ0n) is 6.84. The maximum Gasteiger partial charge on any atom is 0.291 e. The van der Waals surface area contributed by atoms with Crippen molar-refractivity contribution in [3.05, 3.63) is 25.0 Å². The Morgan fingerprint density at radius 3 is 2.91 bits per heavy atom. The van der Waals surface area contributed by atoms with Crippen molar-refractivity contribution in [2.75, 3.05) is 0 Å². The molecule has 0 spiro atoms. The molecule has 0 heterocycles. The van der Waals surface area contributed by atoms with Crippen molar-refractivity contribution in [2.45, 2.75) is 19.8 Å². The number of nitrogens with zero attached hydrogens (tertiary/aromatic N) is 1. The first-order valence-corrected chi connectivity index (χ1v) is 3.55. The number of hydrogen-bond acceptors (Lipinski definition) is 2. The van der Waals surface area contributed by atoms with E-state index in [0.717, 1.165) is 12.8 Å². The summed E-state index contributed by atoms with van der Waals surface area (Å²) in [4.78, 5) is 0. The first kappa shape index (κ1) is 9.77. The van der Waals surface area contributed by atoms with Gasteiger partial charge in [0.15, 0.2) is 0 Å². The van der Waals surface area contributed by atoms with Gasteiger partial charge in [-0.1, -0.05) is 19.6 Å². The van der Waals surface area contributed by atoms with Gasteiger partial charge >= 0.3 is 0 Å². The molecule has 0 rings (SSSR count). The van der Waals surface area contributed by atoms with Gasteiger partial charge in [0.2, 0.25) is 0 Å². The van der Waals surface area contributed by atoms with Crippen LogP contribution in [0.3, 0.4) is 0 Å². The predicted molar refractivity (Wildman–Crippen MR) is 44.4 cm³/mol. The summed E-state index contributed by atoms with van der Waals surface area (Å²) < 4.78 is 4.54. The molecule has 1 unspecified atom stereocenters. The normalized spacial score (nSPS) is 11.3. The van der Waals surface area contributed by atoms with Crippen molar-refractivity contribution in [1.29, 1.82) is 5.26 Å². The predicted octanol–water partition coefficient (Wildman–Crippen LogP) is 2.60. The van der Waals surface area contributed by atoms with Crippen LogP contribution in [0, 0.1) is 17.4 Å². The Balaban J connectivity index is 3.58. The molecule has 0 N–H and O–H groups in total. The molecular formula is C9H13NO. The van der Waals surface area contributed by atoms with E-state index in [2.05, 4.69) is 24.8 Å². The van der Waals surface area contributed by atoms with Crippen LogP contribution < -0.4 is 0 Å². The summed E-state index contributed by atoms with van der Waals surface area (Å²) in [6, 6.07) is 0. The average Bonchev–Trinajstić information content (AvgIpc) is 1.87. The van der Waals surface area contributed by atoms with Crippen LogP contribution in [0.5, 0.6) is 0 Å². The van der Waals surface area contributed by atoms with E-state index >= 15 is 0 Å². The van der Waals surface area contributed by atoms with Gasteiger partial charge in [0, 0.05) is 6.42 Å². The number of ether oxygens (including phenoxy) is 1. The third kappa shape index (κ3) is 5.23. The Hall–Kier alpha value is -1.23. The highest BCUT2D eigenvalue weighted by molar-refractivity contribution is 4.88. The van der Waals surface area contributed by atoms with Gasteiger partial charge in [0.05, 0.1) is 0 Å². The number of allylic oxidation sites excluding steroid dienone is 2. The molecule has 2 nitrogen and oxygen atoms in total. The molecule has 0 saturated carbocycles. The molecule has 0 fully saturated rings. The quantitative estimate of drug-likeness (QED) is 0.344. The van der Waals surface area contributed by atoms with E-state index in [1.54, 1.807) is 6.26 Å². The molecule has 0 bridgehead atoms. The smallest absolute Gasteiger partial charge is 0.291 e. The van der Waals surface area contributed by atoms with E-state index in [4.69, 9.17) is 5.26 Å². The van der Waals surface area contributed by atoms with Crippen molar-refractivity contribution >= 4 is 0 Å². The Morgan fingerprint density at radius 2 is 2.45 bits per heavy atom. The second-order valence-corrected chi connectivity index (χ2v) is 2.57. The maximum atomic E-state index is 8.13. The van der Waals surface area contributed by atoms with Gasteiger partial charge in [-0.2, -0.15) is 0 Å². The van der Waals surface area contributed by atoms with E-state index in [1.807, 2.05) is 6.08 Å². The second kappa shape index (κ2) is 5.55. The molecule has 0 aromatic rings. The summed E-state index contributed by atoms with van der Waals surface area (Å²) in [6.07, 6.45) is 5.09. The van der Waals surface area contributed by atoms with E-state index < -0.39 is 0 Å². The van der Waals surface area contributed by atoms with Gasteiger partial charge in [-0.15, -0.1) is 11.8 Å². The minimum Gasteiger partial charge on any atom is -0.393 e. The summed E-state index contributed by atoms with van der Waals surface area (Å²) in [5, 5.41) is 8.13. The molecule has 11 heavy (non-hydrogen) atoms. The van der Waals surface area contributed by atoms with Gasteiger partial charge in [-0.25, -0.2) is 0 Å². The van der Waals surface area contributed by atoms with E-state index in [1.165, 1.54) is 0 Å². The lowest BCUT2D eigenvalue weighted by molar-refractivity contribution is 0.335. The fraction of sp³-hybridized carbons (Fsp3) is 0.444. The number of hydrogen-bond donors (Lipinski definition) is 0. The standard InChI is InChI=1S/C9H13NO/c1-4-5-8(2)6-9(3)11-7-10/h4,8H,1,3,5-6H2,2H3. The Labute approximate surface area is 67.8 Å². The first-order chi connectivity index (χ1) is 5.20. The second-order valence-electron chi connectivity index (χ2n) is 2.57. The summed E-state index contributed by atoms with van der Waals surface area (Å²) in [5.74, 6) is 0.982. The minimum atomic E-state index is 0.452. The van der Waals surface area contributed by atoms with Crippen molar-refractivity contribution in [3.63, 3.8) is 0 Å². The topological polar surface area (TPSA) is 33.0 Å². The molecule has 0 aromatic heterocycles. The van der Waals surface area contributed by atoms with Gasteiger partial charge in [0.1, 0.15) is 5.76 Å². The molecule has 0 radical (unpaired) electrons. The minimum absolute atomic E-state index is 0.452. The zero-order valence-corrected chi connectivity index (χ0v) is 6.84. The van der Waals surface area contributed by atoms with Gasteiger partial charge < -0.3 is 4.74 Å². The van der Waals surface area contributed by atoms with E-state index in [9.17, 15) is 0 Å². The highest BCUT2D eigenvalue weighted by atomic mass is 16.5. The van der Waals surface area contributed by atoms with Gasteiger partial charge in [-0.05, 0) is 12.3 Å². The summed E-state index contributed by atoms with van der Waals surface area (Å²) in [5.41, 5.74) is 0. The Kier molecular flexibility index (Phi) is 4.93. The van der Waals surface area contributed by atoms with Gasteiger partial charge in [-0.3, -0.25) is 0 Å². The summed E-state index contributed by atoms with van der Waals surface area (Å²) in [7, 11) is 0. The lowest BCUT2D eigenvalue weighted by atomic mass is 10.0. The highest BCUT2D eigenvalue weighted by Crippen LogP contribution is 2.13. The maximum absolute atomic E-state index is 8.13. The van der Waals surface area contributed by atoms with Crippen molar-refractivity contribution in [3.8, 4) is 6.26 Å². The van der Waals surface area contributed by atoms with Crippen LogP contribution >= 0.6 is 0 Å². The molecular weight excluding hydrogens is 138 g/mol. The molecule has 2 heteroatoms. The molecule has 1 atom stereocenters. The third-order valence-corrected chi connectivity index (χ3v) is 1.34. The van der Waals surface area contributed by atoms with Crippen molar-refractivity contribution in [1.82, 2.24) is 0 Å². The van der Waals surface area contributed by atoms with Crippen molar-refractivity contribution in [2.24, 2.45) is 5.92 Å². The van der Waals surface area contributed by atoms with Crippen LogP contribution in [0.2, 0.25) is 0 Å². The van der Waals surface area contributed by atoms with Crippen molar-refractivity contribution < 1.29 is 4.74 Å². The average molecular weight is 151 g/mol. The molecule has 0 aromatic carbocycles. The number of nitriles is 1. The number of rotatable bonds is 5. The summed E-state index contributed by atoms with van der Waals surface area (Å²) >= 11 is 0. The molecule has 0 aliphatic rings. The summed E-state index contributed by atoms with van der Waals surface area (Å²) in [6.45, 7) is 9.27.